The number of primary amides is 1. The van der Waals surface area contributed by atoms with Crippen molar-refractivity contribution < 1.29 is 9.59 Å². The Bertz CT molecular complexity index is 787. The van der Waals surface area contributed by atoms with Crippen molar-refractivity contribution in [3.05, 3.63) is 59.2 Å². The fourth-order valence-corrected chi connectivity index (χ4v) is 3.28. The van der Waals surface area contributed by atoms with Gasteiger partial charge in [-0.05, 0) is 38.1 Å². The molecule has 1 aliphatic rings. The average molecular weight is 353 g/mol. The molecule has 1 aromatic heterocycles. The fourth-order valence-electron chi connectivity index (χ4n) is 3.28. The third kappa shape index (κ3) is 3.88. The van der Waals surface area contributed by atoms with Gasteiger partial charge < -0.3 is 15.5 Å². The number of benzene rings is 1. The quantitative estimate of drug-likeness (QED) is 0.882. The van der Waals surface area contributed by atoms with E-state index in [4.69, 9.17) is 5.73 Å². The average Bonchev–Trinajstić information content (AvgIpc) is 3.11. The van der Waals surface area contributed by atoms with Crippen LogP contribution in [0.5, 0.6) is 0 Å². The maximum Gasteiger partial charge on any atom is 0.274 e. The molecule has 0 aliphatic carbocycles. The van der Waals surface area contributed by atoms with Crippen LogP contribution in [0, 0.1) is 0 Å². The summed E-state index contributed by atoms with van der Waals surface area (Å²) in [6, 6.07) is 8.44. The first-order valence-electron chi connectivity index (χ1n) is 8.62. The lowest BCUT2D eigenvalue weighted by Crippen LogP contribution is -2.31. The van der Waals surface area contributed by atoms with Gasteiger partial charge in [0, 0.05) is 13.1 Å². The zero-order valence-corrected chi connectivity index (χ0v) is 15.1. The minimum absolute atomic E-state index is 0.0357. The number of amides is 2. The zero-order valence-electron chi connectivity index (χ0n) is 15.1. The summed E-state index contributed by atoms with van der Waals surface area (Å²) in [6.07, 6.45) is 4.43. The van der Waals surface area contributed by atoms with Gasteiger partial charge >= 0.3 is 0 Å². The second-order valence-corrected chi connectivity index (χ2v) is 6.79. The number of nitrogens with zero attached hydrogens (tertiary/aromatic N) is 4. The van der Waals surface area contributed by atoms with Crippen molar-refractivity contribution in [3.63, 3.8) is 0 Å². The van der Waals surface area contributed by atoms with E-state index >= 15 is 0 Å². The van der Waals surface area contributed by atoms with E-state index in [1.54, 1.807) is 0 Å². The number of aromatic nitrogens is 2. The molecule has 1 unspecified atom stereocenters. The molecule has 1 fully saturated rings. The molecular weight excluding hydrogens is 330 g/mol. The Morgan fingerprint density at radius 3 is 2.38 bits per heavy atom. The summed E-state index contributed by atoms with van der Waals surface area (Å²) in [6.45, 7) is 1.57. The van der Waals surface area contributed by atoms with Gasteiger partial charge in [0.15, 0.2) is 0 Å². The Kier molecular flexibility index (Phi) is 5.27. The summed E-state index contributed by atoms with van der Waals surface area (Å²) in [4.78, 5) is 35.8. The first-order valence-corrected chi connectivity index (χ1v) is 8.62. The van der Waals surface area contributed by atoms with Crippen molar-refractivity contribution in [2.24, 2.45) is 5.73 Å². The summed E-state index contributed by atoms with van der Waals surface area (Å²) in [5.41, 5.74) is 7.81. The molecule has 2 amide bonds. The van der Waals surface area contributed by atoms with E-state index in [0.29, 0.717) is 6.54 Å². The third-order valence-corrected chi connectivity index (χ3v) is 4.50. The van der Waals surface area contributed by atoms with Gasteiger partial charge in [-0.2, -0.15) is 0 Å². The first kappa shape index (κ1) is 18.0. The Labute approximate surface area is 152 Å². The lowest BCUT2D eigenvalue weighted by atomic mass is 10.0. The molecule has 2 heterocycles. The number of hydrogen-bond donors (Lipinski definition) is 1. The minimum atomic E-state index is -0.659. The summed E-state index contributed by atoms with van der Waals surface area (Å²) in [7, 11) is 4.08. The molecule has 1 atom stereocenters. The summed E-state index contributed by atoms with van der Waals surface area (Å²) >= 11 is 0. The van der Waals surface area contributed by atoms with E-state index in [1.807, 2.05) is 19.0 Å². The molecule has 7 nitrogen and oxygen atoms in total. The maximum atomic E-state index is 12.8. The first-order chi connectivity index (χ1) is 12.5. The third-order valence-electron chi connectivity index (χ3n) is 4.50. The predicted octanol–water partition coefficient (Wildman–Crippen LogP) is 1.61. The van der Waals surface area contributed by atoms with Gasteiger partial charge in [0.05, 0.1) is 18.4 Å². The standard InChI is InChI=1S/C19H23N5O2/c1-23(2)12-13-5-7-14(8-6-13)17-4-3-9-24(17)19(26)16-11-21-15(10-22-16)18(20)25/h5-8,10-11,17H,3-4,9,12H2,1-2H3,(H2,20,25). The molecule has 0 saturated carbocycles. The van der Waals surface area contributed by atoms with Gasteiger partial charge in [-0.25, -0.2) is 9.97 Å². The number of nitrogens with two attached hydrogens (primary N) is 1. The molecule has 1 aromatic carbocycles. The van der Waals surface area contributed by atoms with Crippen molar-refractivity contribution in [1.82, 2.24) is 19.8 Å². The van der Waals surface area contributed by atoms with Gasteiger partial charge in [-0.3, -0.25) is 9.59 Å². The highest BCUT2D eigenvalue weighted by molar-refractivity contribution is 5.94. The summed E-state index contributed by atoms with van der Waals surface area (Å²) < 4.78 is 0. The van der Waals surface area contributed by atoms with Crippen LogP contribution in [0.15, 0.2) is 36.7 Å². The van der Waals surface area contributed by atoms with E-state index < -0.39 is 5.91 Å². The maximum absolute atomic E-state index is 12.8. The van der Waals surface area contributed by atoms with Crippen LogP contribution in [0.1, 0.15) is 51.0 Å². The van der Waals surface area contributed by atoms with Gasteiger partial charge in [0.25, 0.3) is 11.8 Å². The minimum Gasteiger partial charge on any atom is -0.364 e. The van der Waals surface area contributed by atoms with Crippen molar-refractivity contribution in [2.45, 2.75) is 25.4 Å². The molecule has 3 rings (SSSR count). The van der Waals surface area contributed by atoms with E-state index in [-0.39, 0.29) is 23.3 Å². The highest BCUT2D eigenvalue weighted by atomic mass is 16.2. The van der Waals surface area contributed by atoms with Crippen LogP contribution in [-0.2, 0) is 6.54 Å². The lowest BCUT2D eigenvalue weighted by molar-refractivity contribution is 0.0728. The smallest absolute Gasteiger partial charge is 0.274 e. The number of hydrogen-bond acceptors (Lipinski definition) is 5. The number of carbonyl (C=O) groups is 2. The van der Waals surface area contributed by atoms with Crippen LogP contribution in [0.4, 0.5) is 0 Å². The van der Waals surface area contributed by atoms with E-state index in [2.05, 4.69) is 39.1 Å². The molecule has 0 spiro atoms. The Morgan fingerprint density at radius 2 is 1.81 bits per heavy atom. The Hall–Kier alpha value is -2.80. The molecule has 0 radical (unpaired) electrons. The van der Waals surface area contributed by atoms with Crippen LogP contribution < -0.4 is 5.73 Å². The predicted molar refractivity (Wildman–Crippen MR) is 97.4 cm³/mol. The number of rotatable bonds is 5. The molecule has 7 heteroatoms. The van der Waals surface area contributed by atoms with Crippen molar-refractivity contribution in [1.29, 1.82) is 0 Å². The van der Waals surface area contributed by atoms with E-state index in [9.17, 15) is 9.59 Å². The van der Waals surface area contributed by atoms with Crippen LogP contribution in [0.3, 0.4) is 0 Å². The van der Waals surface area contributed by atoms with E-state index in [1.165, 1.54) is 18.0 Å². The Balaban J connectivity index is 1.76. The molecule has 136 valence electrons. The number of carbonyl (C=O) groups excluding carboxylic acids is 2. The van der Waals surface area contributed by atoms with Crippen LogP contribution in [-0.4, -0.2) is 52.2 Å². The van der Waals surface area contributed by atoms with E-state index in [0.717, 1.165) is 24.9 Å². The molecule has 0 bridgehead atoms. The second kappa shape index (κ2) is 7.61. The topological polar surface area (TPSA) is 92.4 Å². The van der Waals surface area contributed by atoms with Gasteiger partial charge in [-0.1, -0.05) is 24.3 Å². The van der Waals surface area contributed by atoms with Gasteiger partial charge in [0.1, 0.15) is 11.4 Å². The van der Waals surface area contributed by atoms with Gasteiger partial charge in [0.2, 0.25) is 0 Å². The van der Waals surface area contributed by atoms with Crippen LogP contribution in [0.25, 0.3) is 0 Å². The highest BCUT2D eigenvalue weighted by Gasteiger charge is 2.31. The lowest BCUT2D eigenvalue weighted by Gasteiger charge is -2.25. The summed E-state index contributed by atoms with van der Waals surface area (Å²) in [5, 5.41) is 0. The molecule has 26 heavy (non-hydrogen) atoms. The zero-order chi connectivity index (χ0) is 18.7. The molecular formula is C19H23N5O2. The fraction of sp³-hybridized carbons (Fsp3) is 0.368. The van der Waals surface area contributed by atoms with Crippen LogP contribution in [0.2, 0.25) is 0 Å². The van der Waals surface area contributed by atoms with Crippen molar-refractivity contribution in [2.75, 3.05) is 20.6 Å². The monoisotopic (exact) mass is 353 g/mol. The molecule has 2 aromatic rings. The van der Waals surface area contributed by atoms with Crippen molar-refractivity contribution >= 4 is 11.8 Å². The second-order valence-electron chi connectivity index (χ2n) is 6.79. The molecule has 2 N–H and O–H groups in total. The SMILES string of the molecule is CN(C)Cc1ccc(C2CCCN2C(=O)c2cnc(C(N)=O)cn2)cc1. The normalized spacial score (nSPS) is 16.9. The largest absolute Gasteiger partial charge is 0.364 e. The number of likely N-dealkylation sites (tertiary alicyclic amines) is 1. The van der Waals surface area contributed by atoms with Crippen molar-refractivity contribution in [3.8, 4) is 0 Å². The van der Waals surface area contributed by atoms with Crippen LogP contribution >= 0.6 is 0 Å². The molecule has 1 saturated heterocycles. The Morgan fingerprint density at radius 1 is 1.15 bits per heavy atom. The summed E-state index contributed by atoms with van der Waals surface area (Å²) in [5.74, 6) is -0.832. The van der Waals surface area contributed by atoms with Gasteiger partial charge in [-0.15, -0.1) is 0 Å². The molecule has 1 aliphatic heterocycles. The highest BCUT2D eigenvalue weighted by Crippen LogP contribution is 2.33.